The number of nitrogens with one attached hydrogen (secondary N) is 3. The molecular weight excluding hydrogens is 298 g/mol. The second kappa shape index (κ2) is 7.00. The maximum Gasteiger partial charge on any atom is 0.122 e. The van der Waals surface area contributed by atoms with Crippen LogP contribution in [0.1, 0.15) is 17.0 Å². The maximum atomic E-state index is 7.39. The molecule has 122 valence electrons. The van der Waals surface area contributed by atoms with E-state index in [0.29, 0.717) is 0 Å². The lowest BCUT2D eigenvalue weighted by molar-refractivity contribution is 0.928. The second-order valence-electron chi connectivity index (χ2n) is 5.73. The van der Waals surface area contributed by atoms with Crippen LogP contribution in [0.15, 0.2) is 54.7 Å². The number of hydrogen-bond donors (Lipinski definition) is 4. The van der Waals surface area contributed by atoms with Crippen molar-refractivity contribution in [2.45, 2.75) is 13.3 Å². The highest BCUT2D eigenvalue weighted by Gasteiger charge is 2.05. The number of imidazole rings is 1. The van der Waals surface area contributed by atoms with Crippen molar-refractivity contribution in [2.75, 3.05) is 11.9 Å². The number of aryl methyl sites for hydroxylation is 1. The highest BCUT2D eigenvalue weighted by molar-refractivity contribution is 5.95. The fourth-order valence-electron chi connectivity index (χ4n) is 2.59. The van der Waals surface area contributed by atoms with Crippen LogP contribution >= 0.6 is 0 Å². The molecule has 3 aromatic rings. The van der Waals surface area contributed by atoms with Crippen LogP contribution in [0.25, 0.3) is 11.3 Å². The average Bonchev–Trinajstić information content (AvgIpc) is 3.04. The molecule has 5 heteroatoms. The molecule has 0 atom stereocenters. The number of benzene rings is 2. The van der Waals surface area contributed by atoms with E-state index in [1.807, 2.05) is 42.6 Å². The van der Waals surface area contributed by atoms with Crippen LogP contribution in [0.4, 0.5) is 5.69 Å². The summed E-state index contributed by atoms with van der Waals surface area (Å²) in [5.41, 5.74) is 10.7. The summed E-state index contributed by atoms with van der Waals surface area (Å²) in [6.07, 6.45) is 2.69. The molecule has 0 amide bonds. The van der Waals surface area contributed by atoms with Gasteiger partial charge in [0.05, 0.1) is 11.9 Å². The van der Waals surface area contributed by atoms with Crippen molar-refractivity contribution in [1.29, 1.82) is 5.41 Å². The molecular formula is C19H21N5. The number of nitrogens with zero attached hydrogens (tertiary/aromatic N) is 1. The molecule has 0 spiro atoms. The molecule has 2 aromatic carbocycles. The van der Waals surface area contributed by atoms with Crippen LogP contribution in [-0.4, -0.2) is 22.3 Å². The number of rotatable bonds is 6. The number of nitrogens with two attached hydrogens (primary N) is 1. The van der Waals surface area contributed by atoms with Gasteiger partial charge in [-0.25, -0.2) is 4.98 Å². The van der Waals surface area contributed by atoms with Crippen molar-refractivity contribution in [2.24, 2.45) is 5.73 Å². The number of aromatic nitrogens is 2. The number of amidine groups is 1. The largest absolute Gasteiger partial charge is 0.385 e. The van der Waals surface area contributed by atoms with Crippen molar-refractivity contribution < 1.29 is 0 Å². The Hall–Kier alpha value is -3.08. The lowest BCUT2D eigenvalue weighted by Crippen LogP contribution is -2.11. The van der Waals surface area contributed by atoms with Gasteiger partial charge in [-0.05, 0) is 36.8 Å². The van der Waals surface area contributed by atoms with Gasteiger partial charge in [-0.1, -0.05) is 24.3 Å². The molecule has 0 saturated carbocycles. The third-order valence-corrected chi connectivity index (χ3v) is 3.95. The van der Waals surface area contributed by atoms with Crippen molar-refractivity contribution in [1.82, 2.24) is 9.97 Å². The van der Waals surface area contributed by atoms with Crippen LogP contribution < -0.4 is 11.1 Å². The van der Waals surface area contributed by atoms with Gasteiger partial charge < -0.3 is 16.0 Å². The molecule has 1 heterocycles. The monoisotopic (exact) mass is 319 g/mol. The molecule has 3 rings (SSSR count). The molecule has 0 radical (unpaired) electrons. The Morgan fingerprint density at radius 2 is 1.92 bits per heavy atom. The minimum absolute atomic E-state index is 0.0841. The summed E-state index contributed by atoms with van der Waals surface area (Å²) in [4.78, 5) is 7.85. The first-order valence-corrected chi connectivity index (χ1v) is 7.91. The van der Waals surface area contributed by atoms with Crippen LogP contribution in [0.3, 0.4) is 0 Å². The van der Waals surface area contributed by atoms with Gasteiger partial charge in [0.25, 0.3) is 0 Å². The molecule has 0 aliphatic heterocycles. The molecule has 5 nitrogen and oxygen atoms in total. The number of nitrogen functional groups attached to an aromatic ring is 1. The first-order chi connectivity index (χ1) is 11.6. The SMILES string of the molecule is Cc1ccccc1-c1cnc(CCNc2ccc(C(=N)N)cc2)[nH]1. The van der Waals surface area contributed by atoms with E-state index in [0.717, 1.165) is 35.7 Å². The average molecular weight is 319 g/mol. The van der Waals surface area contributed by atoms with E-state index >= 15 is 0 Å². The zero-order chi connectivity index (χ0) is 16.9. The first kappa shape index (κ1) is 15.8. The fourth-order valence-corrected chi connectivity index (χ4v) is 2.59. The Kier molecular flexibility index (Phi) is 4.61. The molecule has 0 aliphatic carbocycles. The summed E-state index contributed by atoms with van der Waals surface area (Å²) < 4.78 is 0. The molecule has 1 aromatic heterocycles. The molecule has 0 fully saturated rings. The van der Waals surface area contributed by atoms with E-state index in [-0.39, 0.29) is 5.84 Å². The van der Waals surface area contributed by atoms with Gasteiger partial charge >= 0.3 is 0 Å². The van der Waals surface area contributed by atoms with Crippen molar-refractivity contribution in [3.63, 3.8) is 0 Å². The number of H-pyrrole nitrogens is 1. The zero-order valence-corrected chi connectivity index (χ0v) is 13.6. The van der Waals surface area contributed by atoms with E-state index in [1.54, 1.807) is 0 Å². The molecule has 5 N–H and O–H groups in total. The quantitative estimate of drug-likeness (QED) is 0.415. The van der Waals surface area contributed by atoms with Gasteiger partial charge in [-0.2, -0.15) is 0 Å². The summed E-state index contributed by atoms with van der Waals surface area (Å²) in [7, 11) is 0. The van der Waals surface area contributed by atoms with E-state index in [2.05, 4.69) is 34.3 Å². The number of hydrogen-bond acceptors (Lipinski definition) is 3. The van der Waals surface area contributed by atoms with Crippen LogP contribution in [0, 0.1) is 12.3 Å². The minimum Gasteiger partial charge on any atom is -0.385 e. The van der Waals surface area contributed by atoms with Gasteiger partial charge in [0, 0.05) is 29.8 Å². The van der Waals surface area contributed by atoms with E-state index in [4.69, 9.17) is 11.1 Å². The van der Waals surface area contributed by atoms with Crippen LogP contribution in [0.2, 0.25) is 0 Å². The summed E-state index contributed by atoms with van der Waals surface area (Å²) in [6, 6.07) is 15.8. The third-order valence-electron chi connectivity index (χ3n) is 3.95. The molecule has 0 saturated heterocycles. The lowest BCUT2D eigenvalue weighted by atomic mass is 10.1. The number of anilines is 1. The molecule has 0 aliphatic rings. The van der Waals surface area contributed by atoms with Crippen LogP contribution in [0.5, 0.6) is 0 Å². The highest BCUT2D eigenvalue weighted by Crippen LogP contribution is 2.21. The fraction of sp³-hybridized carbons (Fsp3) is 0.158. The Bertz CT molecular complexity index is 833. The molecule has 24 heavy (non-hydrogen) atoms. The van der Waals surface area contributed by atoms with Crippen molar-refractivity contribution >= 4 is 11.5 Å². The van der Waals surface area contributed by atoms with E-state index in [1.165, 1.54) is 11.1 Å². The summed E-state index contributed by atoms with van der Waals surface area (Å²) in [5, 5.41) is 10.7. The molecule has 0 bridgehead atoms. The Morgan fingerprint density at radius 1 is 1.17 bits per heavy atom. The summed E-state index contributed by atoms with van der Waals surface area (Å²) >= 11 is 0. The van der Waals surface area contributed by atoms with Gasteiger partial charge in [0.2, 0.25) is 0 Å². The van der Waals surface area contributed by atoms with Gasteiger partial charge in [0.1, 0.15) is 11.7 Å². The summed E-state index contributed by atoms with van der Waals surface area (Å²) in [6.45, 7) is 2.88. The lowest BCUT2D eigenvalue weighted by Gasteiger charge is -2.06. The van der Waals surface area contributed by atoms with Crippen LogP contribution in [-0.2, 0) is 6.42 Å². The molecule has 0 unspecified atom stereocenters. The van der Waals surface area contributed by atoms with Crippen molar-refractivity contribution in [3.05, 3.63) is 71.7 Å². The normalized spacial score (nSPS) is 10.5. The van der Waals surface area contributed by atoms with E-state index in [9.17, 15) is 0 Å². The van der Waals surface area contributed by atoms with Crippen molar-refractivity contribution in [3.8, 4) is 11.3 Å². The third kappa shape index (κ3) is 3.63. The zero-order valence-electron chi connectivity index (χ0n) is 13.6. The smallest absolute Gasteiger partial charge is 0.122 e. The predicted molar refractivity (Wildman–Crippen MR) is 98.4 cm³/mol. The van der Waals surface area contributed by atoms with E-state index < -0.39 is 0 Å². The number of aromatic amines is 1. The first-order valence-electron chi connectivity index (χ1n) is 7.91. The van der Waals surface area contributed by atoms with Gasteiger partial charge in [0.15, 0.2) is 0 Å². The van der Waals surface area contributed by atoms with Gasteiger partial charge in [-0.3, -0.25) is 5.41 Å². The highest BCUT2D eigenvalue weighted by atomic mass is 14.9. The predicted octanol–water partition coefficient (Wildman–Crippen LogP) is 3.32. The topological polar surface area (TPSA) is 90.6 Å². The van der Waals surface area contributed by atoms with Gasteiger partial charge in [-0.15, -0.1) is 0 Å². The Balaban J connectivity index is 1.58. The second-order valence-corrected chi connectivity index (χ2v) is 5.73. The minimum atomic E-state index is 0.0841. The standard InChI is InChI=1S/C19H21N5/c1-13-4-2-3-5-16(13)17-12-23-18(24-17)10-11-22-15-8-6-14(7-9-15)19(20)21/h2-9,12,22H,10-11H2,1H3,(H3,20,21)(H,23,24). The summed E-state index contributed by atoms with van der Waals surface area (Å²) in [5.74, 6) is 1.04. The Morgan fingerprint density at radius 3 is 2.62 bits per heavy atom. The maximum absolute atomic E-state index is 7.39. The Labute approximate surface area is 141 Å².